The lowest BCUT2D eigenvalue weighted by Gasteiger charge is -2.40. The van der Waals surface area contributed by atoms with Crippen molar-refractivity contribution in [3.05, 3.63) is 65.4 Å². The van der Waals surface area contributed by atoms with Crippen LogP contribution < -0.4 is 20.7 Å². The number of fused-ring (bicyclic) bond motifs is 3. The third-order valence-corrected chi connectivity index (χ3v) is 7.23. The molecule has 0 saturated carbocycles. The summed E-state index contributed by atoms with van der Waals surface area (Å²) in [6, 6.07) is 6.36. The van der Waals surface area contributed by atoms with Crippen molar-refractivity contribution in [2.75, 3.05) is 31.6 Å². The molecule has 3 N–H and O–H groups in total. The standard InChI is InChI=1S/C27H29F3N6O4/c1-25(2)39-15-21(40-25)14-38-20-9-19(10-31-11-20)34-24(37)26(16-4-3-5-17(8-16)27(28,29)30)32-12-22-23(35-26)33-18-6-7-36(22)13-18/h3-5,8-12,18,21,33,35H,6-7,13-15H2,1-2H3,(H,34,37)/t18-,21+,26?/m0/s1. The minimum atomic E-state index is -4.59. The monoisotopic (exact) mass is 558 g/mol. The van der Waals surface area contributed by atoms with Crippen molar-refractivity contribution in [3.8, 4) is 5.75 Å². The minimum absolute atomic E-state index is 0.0405. The van der Waals surface area contributed by atoms with E-state index in [1.54, 1.807) is 12.3 Å². The number of amides is 1. The number of ether oxygens (including phenoxy) is 3. The second kappa shape index (κ2) is 9.66. The zero-order valence-electron chi connectivity index (χ0n) is 21.9. The van der Waals surface area contributed by atoms with Gasteiger partial charge in [-0.1, -0.05) is 12.1 Å². The lowest BCUT2D eigenvalue weighted by atomic mass is 9.95. The molecule has 3 atom stereocenters. The molecule has 1 unspecified atom stereocenters. The Labute approximate surface area is 228 Å². The molecule has 2 fully saturated rings. The number of alkyl halides is 3. The lowest BCUT2D eigenvalue weighted by molar-refractivity contribution is -0.141. The molecule has 4 aliphatic rings. The second-order valence-corrected chi connectivity index (χ2v) is 10.6. The van der Waals surface area contributed by atoms with Gasteiger partial charge in [-0.3, -0.25) is 9.78 Å². The number of carbonyl (C=O) groups excluding carboxylic acids is 1. The van der Waals surface area contributed by atoms with Gasteiger partial charge in [-0.05, 0) is 32.4 Å². The maximum absolute atomic E-state index is 13.9. The Bertz CT molecular complexity index is 1380. The summed E-state index contributed by atoms with van der Waals surface area (Å²) < 4.78 is 58.0. The van der Waals surface area contributed by atoms with E-state index in [4.69, 9.17) is 14.2 Å². The molecule has 1 aromatic carbocycles. The van der Waals surface area contributed by atoms with Crippen molar-refractivity contribution in [1.82, 2.24) is 20.5 Å². The SMILES string of the molecule is CC1(C)OC[C@@H](COc2cncc(NC(=O)C3(c4cccc(C(F)(F)F)c4)N=CC4=C(N[C@H]5CCN4C5)N3)c2)O1. The van der Waals surface area contributed by atoms with E-state index in [9.17, 15) is 18.0 Å². The van der Waals surface area contributed by atoms with Crippen LogP contribution in [0.1, 0.15) is 31.4 Å². The highest BCUT2D eigenvalue weighted by atomic mass is 19.4. The van der Waals surface area contributed by atoms with Crippen molar-refractivity contribution >= 4 is 17.8 Å². The van der Waals surface area contributed by atoms with Crippen molar-refractivity contribution in [2.24, 2.45) is 4.99 Å². The van der Waals surface area contributed by atoms with Crippen LogP contribution in [0, 0.1) is 0 Å². The van der Waals surface area contributed by atoms with Crippen LogP contribution in [-0.4, -0.2) is 66.2 Å². The number of allylic oxidation sites excluding steroid dienone is 1. The fourth-order valence-corrected chi connectivity index (χ4v) is 5.29. The van der Waals surface area contributed by atoms with E-state index in [1.165, 1.54) is 24.5 Å². The molecule has 0 aliphatic carbocycles. The molecule has 2 bridgehead atoms. The minimum Gasteiger partial charge on any atom is -0.489 e. The van der Waals surface area contributed by atoms with Crippen LogP contribution in [0.25, 0.3) is 0 Å². The number of benzene rings is 1. The first-order valence-corrected chi connectivity index (χ1v) is 13.0. The van der Waals surface area contributed by atoms with Crippen LogP contribution in [0.4, 0.5) is 18.9 Å². The number of rotatable bonds is 6. The summed E-state index contributed by atoms with van der Waals surface area (Å²) in [5.74, 6) is -0.444. The maximum atomic E-state index is 13.9. The van der Waals surface area contributed by atoms with Gasteiger partial charge in [-0.2, -0.15) is 13.2 Å². The largest absolute Gasteiger partial charge is 0.489 e. The third-order valence-electron chi connectivity index (χ3n) is 7.23. The highest BCUT2D eigenvalue weighted by Gasteiger charge is 2.47. The van der Waals surface area contributed by atoms with Crippen LogP contribution in [0.2, 0.25) is 0 Å². The highest BCUT2D eigenvalue weighted by Crippen LogP contribution is 2.36. The first-order valence-electron chi connectivity index (χ1n) is 13.0. The molecule has 0 spiro atoms. The van der Waals surface area contributed by atoms with Gasteiger partial charge in [-0.25, -0.2) is 4.99 Å². The Morgan fingerprint density at radius 3 is 2.90 bits per heavy atom. The van der Waals surface area contributed by atoms with Crippen LogP contribution >= 0.6 is 0 Å². The molecule has 40 heavy (non-hydrogen) atoms. The van der Waals surface area contributed by atoms with E-state index >= 15 is 0 Å². The molecule has 6 rings (SSSR count). The molecule has 1 amide bonds. The number of aromatic nitrogens is 1. The maximum Gasteiger partial charge on any atom is 0.416 e. The highest BCUT2D eigenvalue weighted by molar-refractivity contribution is 6.01. The van der Waals surface area contributed by atoms with Crippen molar-refractivity contribution in [1.29, 1.82) is 0 Å². The molecule has 13 heteroatoms. The fraction of sp³-hybridized carbons (Fsp3) is 0.444. The summed E-state index contributed by atoms with van der Waals surface area (Å²) in [5.41, 5.74) is -1.66. The van der Waals surface area contributed by atoms with Gasteiger partial charge in [0.05, 0.1) is 42.2 Å². The predicted molar refractivity (Wildman–Crippen MR) is 138 cm³/mol. The van der Waals surface area contributed by atoms with Crippen LogP contribution in [0.3, 0.4) is 0 Å². The summed E-state index contributed by atoms with van der Waals surface area (Å²) in [7, 11) is 0. The number of hydrogen-bond donors (Lipinski definition) is 3. The average molecular weight is 559 g/mol. The molecule has 5 heterocycles. The second-order valence-electron chi connectivity index (χ2n) is 10.6. The van der Waals surface area contributed by atoms with Crippen molar-refractivity contribution in [3.63, 3.8) is 0 Å². The molecule has 2 aromatic rings. The lowest BCUT2D eigenvalue weighted by Crippen LogP contribution is -2.57. The molecule has 2 saturated heterocycles. The van der Waals surface area contributed by atoms with Gasteiger partial charge in [0.1, 0.15) is 24.3 Å². The van der Waals surface area contributed by atoms with E-state index in [-0.39, 0.29) is 30.0 Å². The van der Waals surface area contributed by atoms with Crippen LogP contribution in [0.5, 0.6) is 5.75 Å². The van der Waals surface area contributed by atoms with Gasteiger partial charge < -0.3 is 35.1 Å². The van der Waals surface area contributed by atoms with Gasteiger partial charge in [0.25, 0.3) is 5.91 Å². The molecular weight excluding hydrogens is 529 g/mol. The first kappa shape index (κ1) is 26.4. The van der Waals surface area contributed by atoms with Gasteiger partial charge in [-0.15, -0.1) is 0 Å². The van der Waals surface area contributed by atoms with E-state index < -0.39 is 29.1 Å². The number of hydrogen-bond acceptors (Lipinski definition) is 9. The number of carbonyl (C=O) groups is 1. The third kappa shape index (κ3) is 5.06. The number of anilines is 1. The molecule has 0 radical (unpaired) electrons. The Hall–Kier alpha value is -3.84. The van der Waals surface area contributed by atoms with Gasteiger partial charge in [0.2, 0.25) is 5.66 Å². The number of pyridine rings is 1. The number of nitrogens with zero attached hydrogens (tertiary/aromatic N) is 3. The van der Waals surface area contributed by atoms with E-state index in [0.717, 1.165) is 37.3 Å². The van der Waals surface area contributed by atoms with Gasteiger partial charge in [0, 0.05) is 30.8 Å². The van der Waals surface area contributed by atoms with Crippen molar-refractivity contribution in [2.45, 2.75) is 50.0 Å². The molecule has 10 nitrogen and oxygen atoms in total. The average Bonchev–Trinajstić information content (AvgIpc) is 3.48. The number of halogens is 3. The quantitative estimate of drug-likeness (QED) is 0.497. The number of aliphatic imine (C=N–C) groups is 1. The Kier molecular flexibility index (Phi) is 6.37. The van der Waals surface area contributed by atoms with Crippen molar-refractivity contribution < 1.29 is 32.2 Å². The summed E-state index contributed by atoms with van der Waals surface area (Å²) in [6.45, 7) is 5.84. The van der Waals surface area contributed by atoms with E-state index in [2.05, 4.69) is 30.8 Å². The molecule has 4 aliphatic heterocycles. The van der Waals surface area contributed by atoms with Crippen LogP contribution in [0.15, 0.2) is 59.2 Å². The number of nitrogens with one attached hydrogen (secondary N) is 3. The van der Waals surface area contributed by atoms with Crippen LogP contribution in [-0.2, 0) is 26.1 Å². The summed E-state index contributed by atoms with van der Waals surface area (Å²) in [4.78, 5) is 24.7. The zero-order chi connectivity index (χ0) is 28.1. The predicted octanol–water partition coefficient (Wildman–Crippen LogP) is 2.94. The summed E-state index contributed by atoms with van der Waals surface area (Å²) in [6.07, 6.45) is 0.495. The first-order chi connectivity index (χ1) is 19.0. The Balaban J connectivity index is 1.27. The Morgan fingerprint density at radius 1 is 1.27 bits per heavy atom. The summed E-state index contributed by atoms with van der Waals surface area (Å²) in [5, 5.41) is 9.27. The molecule has 1 aromatic heterocycles. The van der Waals surface area contributed by atoms with E-state index in [0.29, 0.717) is 18.2 Å². The van der Waals surface area contributed by atoms with Gasteiger partial charge >= 0.3 is 6.18 Å². The fourth-order valence-electron chi connectivity index (χ4n) is 5.29. The molecular formula is C27H29F3N6O4. The normalized spacial score (nSPS) is 26.7. The Morgan fingerprint density at radius 2 is 2.12 bits per heavy atom. The zero-order valence-corrected chi connectivity index (χ0v) is 21.9. The summed E-state index contributed by atoms with van der Waals surface area (Å²) >= 11 is 0. The molecule has 212 valence electrons. The van der Waals surface area contributed by atoms with Gasteiger partial charge in [0.15, 0.2) is 5.79 Å². The van der Waals surface area contributed by atoms with E-state index in [1.807, 2.05) is 13.8 Å². The smallest absolute Gasteiger partial charge is 0.416 e. The topological polar surface area (TPSA) is 109 Å².